The van der Waals surface area contributed by atoms with E-state index < -0.39 is 25.9 Å². The van der Waals surface area contributed by atoms with Crippen molar-refractivity contribution in [2.45, 2.75) is 52.3 Å². The minimum atomic E-state index is -1.26. The standard InChI is InChI=1S/C28H39N7O4Si/c1-19(2)27(37)33-11-12-34(23(17-33)20-9-7-6-8-10-20)28(38)26(36)32-22-16-30-25(29)21-15-31-35(24(21)22)18-39-13-14-40(3,4)5/h6-10,15-16,19,23H,11-14,17-18H2,1-5H3,(H2,29,30)(H,32,36). The fourth-order valence-corrected chi connectivity index (χ4v) is 5.46. The molecule has 12 heteroatoms. The highest BCUT2D eigenvalue weighted by Gasteiger charge is 2.36. The van der Waals surface area contributed by atoms with Gasteiger partial charge in [0, 0.05) is 40.2 Å². The number of piperazine rings is 1. The Morgan fingerprint density at radius 2 is 1.85 bits per heavy atom. The summed E-state index contributed by atoms with van der Waals surface area (Å²) < 4.78 is 7.48. The molecule has 11 nitrogen and oxygen atoms in total. The predicted octanol–water partition coefficient (Wildman–Crippen LogP) is 3.33. The second kappa shape index (κ2) is 12.2. The van der Waals surface area contributed by atoms with Gasteiger partial charge in [-0.1, -0.05) is 63.8 Å². The van der Waals surface area contributed by atoms with E-state index in [-0.39, 0.29) is 30.9 Å². The second-order valence-electron chi connectivity index (χ2n) is 11.6. The number of fused-ring (bicyclic) bond motifs is 1. The lowest BCUT2D eigenvalue weighted by Crippen LogP contribution is -2.55. The molecule has 1 unspecified atom stereocenters. The van der Waals surface area contributed by atoms with Crippen molar-refractivity contribution < 1.29 is 19.1 Å². The van der Waals surface area contributed by atoms with E-state index in [2.05, 4.69) is 35.0 Å². The highest BCUT2D eigenvalue weighted by atomic mass is 28.3. The number of nitrogens with two attached hydrogens (primary N) is 1. The summed E-state index contributed by atoms with van der Waals surface area (Å²) in [5, 5.41) is 7.68. The van der Waals surface area contributed by atoms with Gasteiger partial charge in [-0.3, -0.25) is 14.4 Å². The minimum Gasteiger partial charge on any atom is -0.383 e. The van der Waals surface area contributed by atoms with Crippen LogP contribution in [0.5, 0.6) is 0 Å². The van der Waals surface area contributed by atoms with E-state index in [0.29, 0.717) is 36.3 Å². The first kappa shape index (κ1) is 29.2. The summed E-state index contributed by atoms with van der Waals surface area (Å²) in [6.45, 7) is 12.2. The number of rotatable bonds is 8. The molecule has 1 fully saturated rings. The number of nitrogens with zero attached hydrogens (tertiary/aromatic N) is 5. The number of benzene rings is 1. The van der Waals surface area contributed by atoms with E-state index in [0.717, 1.165) is 11.6 Å². The number of aromatic nitrogens is 3. The Morgan fingerprint density at radius 1 is 1.12 bits per heavy atom. The van der Waals surface area contributed by atoms with Crippen LogP contribution >= 0.6 is 0 Å². The van der Waals surface area contributed by atoms with Gasteiger partial charge in [-0.2, -0.15) is 5.10 Å². The number of pyridine rings is 1. The highest BCUT2D eigenvalue weighted by Crippen LogP contribution is 2.29. The zero-order chi connectivity index (χ0) is 29.0. The number of nitrogen functional groups attached to an aromatic ring is 1. The monoisotopic (exact) mass is 565 g/mol. The molecule has 214 valence electrons. The highest BCUT2D eigenvalue weighted by molar-refractivity contribution is 6.76. The van der Waals surface area contributed by atoms with Gasteiger partial charge in [0.05, 0.1) is 35.0 Å². The van der Waals surface area contributed by atoms with Crippen LogP contribution in [0.2, 0.25) is 25.7 Å². The van der Waals surface area contributed by atoms with Crippen molar-refractivity contribution in [1.29, 1.82) is 0 Å². The molecule has 3 N–H and O–H groups in total. The number of ether oxygens (including phenoxy) is 1. The van der Waals surface area contributed by atoms with Gasteiger partial charge in [-0.05, 0) is 11.6 Å². The molecule has 1 saturated heterocycles. The van der Waals surface area contributed by atoms with Gasteiger partial charge in [0.15, 0.2) is 0 Å². The fourth-order valence-electron chi connectivity index (χ4n) is 4.70. The van der Waals surface area contributed by atoms with E-state index in [1.807, 2.05) is 44.2 Å². The van der Waals surface area contributed by atoms with E-state index in [9.17, 15) is 14.4 Å². The third kappa shape index (κ3) is 6.68. The summed E-state index contributed by atoms with van der Waals surface area (Å²) in [7, 11) is -1.26. The second-order valence-corrected chi connectivity index (χ2v) is 17.3. The topological polar surface area (TPSA) is 136 Å². The Bertz CT molecular complexity index is 1370. The molecular weight excluding hydrogens is 526 g/mol. The molecule has 1 atom stereocenters. The number of nitrogens with one attached hydrogen (secondary N) is 1. The largest absolute Gasteiger partial charge is 0.383 e. The molecule has 0 spiro atoms. The first-order valence-electron chi connectivity index (χ1n) is 13.6. The van der Waals surface area contributed by atoms with Crippen molar-refractivity contribution in [1.82, 2.24) is 24.6 Å². The fraction of sp³-hybridized carbons (Fsp3) is 0.464. The SMILES string of the molecule is CC(C)C(=O)N1CCN(C(=O)C(=O)Nc2cnc(N)c3cnn(COCC[Si](C)(C)C)c23)C(c2ccccc2)C1. The number of carbonyl (C=O) groups excluding carboxylic acids is 3. The van der Waals surface area contributed by atoms with Crippen LogP contribution in [0.1, 0.15) is 25.5 Å². The Kier molecular flexibility index (Phi) is 8.89. The summed E-state index contributed by atoms with van der Waals surface area (Å²) in [4.78, 5) is 47.1. The van der Waals surface area contributed by atoms with E-state index in [1.165, 1.54) is 11.1 Å². The summed E-state index contributed by atoms with van der Waals surface area (Å²) >= 11 is 0. The average Bonchev–Trinajstić information content (AvgIpc) is 3.36. The third-order valence-corrected chi connectivity index (χ3v) is 8.69. The zero-order valence-corrected chi connectivity index (χ0v) is 24.9. The summed E-state index contributed by atoms with van der Waals surface area (Å²) in [6, 6.07) is 10.0. The average molecular weight is 566 g/mol. The van der Waals surface area contributed by atoms with Gasteiger partial charge in [-0.25, -0.2) is 9.67 Å². The molecule has 2 aromatic heterocycles. The molecule has 0 saturated carbocycles. The first-order chi connectivity index (χ1) is 19.0. The first-order valence-corrected chi connectivity index (χ1v) is 17.3. The maximum atomic E-state index is 13.5. The normalized spacial score (nSPS) is 16.0. The van der Waals surface area contributed by atoms with Crippen molar-refractivity contribution >= 4 is 48.2 Å². The maximum Gasteiger partial charge on any atom is 0.314 e. The maximum absolute atomic E-state index is 13.5. The van der Waals surface area contributed by atoms with Crippen LogP contribution in [-0.2, 0) is 25.9 Å². The summed E-state index contributed by atoms with van der Waals surface area (Å²) in [5.74, 6) is -1.36. The molecule has 3 amide bonds. The van der Waals surface area contributed by atoms with Crippen LogP contribution in [0.25, 0.3) is 10.9 Å². The molecule has 1 aromatic carbocycles. The molecule has 0 bridgehead atoms. The Balaban J connectivity index is 1.54. The molecule has 0 radical (unpaired) electrons. The lowest BCUT2D eigenvalue weighted by molar-refractivity contribution is -0.150. The van der Waals surface area contributed by atoms with E-state index in [1.54, 1.807) is 15.8 Å². The summed E-state index contributed by atoms with van der Waals surface area (Å²) in [5.41, 5.74) is 7.79. The van der Waals surface area contributed by atoms with Crippen molar-refractivity contribution in [3.63, 3.8) is 0 Å². The van der Waals surface area contributed by atoms with Crippen LogP contribution in [0, 0.1) is 5.92 Å². The minimum absolute atomic E-state index is 0.0214. The van der Waals surface area contributed by atoms with Gasteiger partial charge in [-0.15, -0.1) is 0 Å². The van der Waals surface area contributed by atoms with Crippen molar-refractivity contribution in [2.24, 2.45) is 5.92 Å². The quantitative estimate of drug-likeness (QED) is 0.243. The lowest BCUT2D eigenvalue weighted by Gasteiger charge is -2.42. The van der Waals surface area contributed by atoms with Crippen molar-refractivity contribution in [3.8, 4) is 0 Å². The molecule has 1 aliphatic heterocycles. The molecule has 3 heterocycles. The number of hydrogen-bond donors (Lipinski definition) is 2. The molecular formula is C28H39N7O4Si. The Hall–Kier alpha value is -3.77. The van der Waals surface area contributed by atoms with E-state index in [4.69, 9.17) is 10.5 Å². The lowest BCUT2D eigenvalue weighted by atomic mass is 10.0. The van der Waals surface area contributed by atoms with Crippen LogP contribution in [0.15, 0.2) is 42.7 Å². The molecule has 0 aliphatic carbocycles. The Labute approximate surface area is 235 Å². The van der Waals surface area contributed by atoms with Gasteiger partial charge in [0.2, 0.25) is 5.91 Å². The summed E-state index contributed by atoms with van der Waals surface area (Å²) in [6.07, 6.45) is 3.00. The predicted molar refractivity (Wildman–Crippen MR) is 157 cm³/mol. The van der Waals surface area contributed by atoms with Crippen LogP contribution in [-0.4, -0.2) is 76.6 Å². The molecule has 3 aromatic rings. The van der Waals surface area contributed by atoms with Crippen molar-refractivity contribution in [3.05, 3.63) is 48.3 Å². The molecule has 4 rings (SSSR count). The number of hydrogen-bond acceptors (Lipinski definition) is 7. The molecule has 1 aliphatic rings. The number of carbonyl (C=O) groups is 3. The van der Waals surface area contributed by atoms with Crippen LogP contribution in [0.3, 0.4) is 0 Å². The zero-order valence-electron chi connectivity index (χ0n) is 23.9. The van der Waals surface area contributed by atoms with Crippen LogP contribution < -0.4 is 11.1 Å². The number of anilines is 2. The Morgan fingerprint density at radius 3 is 2.52 bits per heavy atom. The smallest absolute Gasteiger partial charge is 0.314 e. The number of amides is 3. The third-order valence-electron chi connectivity index (χ3n) is 6.99. The van der Waals surface area contributed by atoms with Gasteiger partial charge in [0.1, 0.15) is 12.5 Å². The van der Waals surface area contributed by atoms with Gasteiger partial charge >= 0.3 is 11.8 Å². The van der Waals surface area contributed by atoms with Crippen LogP contribution in [0.4, 0.5) is 11.5 Å². The van der Waals surface area contributed by atoms with E-state index >= 15 is 0 Å². The van der Waals surface area contributed by atoms with Gasteiger partial charge in [0.25, 0.3) is 0 Å². The van der Waals surface area contributed by atoms with Crippen molar-refractivity contribution in [2.75, 3.05) is 37.3 Å². The molecule has 40 heavy (non-hydrogen) atoms. The van der Waals surface area contributed by atoms with Gasteiger partial charge < -0.3 is 25.6 Å².